The molecule has 0 aliphatic heterocycles. The van der Waals surface area contributed by atoms with E-state index in [1.165, 1.54) is 0 Å². The standard InChI is InChI=1S/C18H14N2O/c19-12-16(14-6-2-1-3-7-14)13-20-17-9-5-4-8-15(17)10-11-18(20)21/h1-11,16H,13H2. The average molecular weight is 274 g/mol. The smallest absolute Gasteiger partial charge is 0.251 e. The molecule has 0 spiro atoms. The summed E-state index contributed by atoms with van der Waals surface area (Å²) in [6.07, 6.45) is 0. The summed E-state index contributed by atoms with van der Waals surface area (Å²) >= 11 is 0. The number of nitrogens with zero attached hydrogens (tertiary/aromatic N) is 2. The van der Waals surface area contributed by atoms with E-state index < -0.39 is 0 Å². The zero-order valence-electron chi connectivity index (χ0n) is 11.4. The monoisotopic (exact) mass is 274 g/mol. The lowest BCUT2D eigenvalue weighted by Gasteiger charge is -2.14. The van der Waals surface area contributed by atoms with Crippen LogP contribution in [0, 0.1) is 11.3 Å². The van der Waals surface area contributed by atoms with Crippen molar-refractivity contribution in [2.45, 2.75) is 12.5 Å². The summed E-state index contributed by atoms with van der Waals surface area (Å²) in [6, 6.07) is 23.0. The maximum atomic E-state index is 12.2. The second-order valence-electron chi connectivity index (χ2n) is 4.93. The van der Waals surface area contributed by atoms with E-state index in [-0.39, 0.29) is 11.5 Å². The lowest BCUT2D eigenvalue weighted by Crippen LogP contribution is -2.22. The van der Waals surface area contributed by atoms with Gasteiger partial charge in [0.05, 0.1) is 17.5 Å². The van der Waals surface area contributed by atoms with Crippen LogP contribution in [0.25, 0.3) is 10.9 Å². The van der Waals surface area contributed by atoms with Gasteiger partial charge < -0.3 is 4.57 Å². The molecule has 0 saturated heterocycles. The van der Waals surface area contributed by atoms with Gasteiger partial charge in [-0.25, -0.2) is 0 Å². The van der Waals surface area contributed by atoms with Gasteiger partial charge in [-0.05, 0) is 23.1 Å². The number of para-hydroxylation sites is 1. The number of aromatic nitrogens is 1. The highest BCUT2D eigenvalue weighted by Gasteiger charge is 2.13. The molecule has 0 aliphatic rings. The minimum Gasteiger partial charge on any atom is -0.307 e. The van der Waals surface area contributed by atoms with E-state index >= 15 is 0 Å². The first-order valence-corrected chi connectivity index (χ1v) is 6.83. The Bertz CT molecular complexity index is 860. The molecule has 1 unspecified atom stereocenters. The topological polar surface area (TPSA) is 45.8 Å². The van der Waals surface area contributed by atoms with Gasteiger partial charge in [-0.2, -0.15) is 5.26 Å². The summed E-state index contributed by atoms with van der Waals surface area (Å²) in [5.41, 5.74) is 1.71. The first-order chi connectivity index (χ1) is 10.3. The number of benzene rings is 2. The summed E-state index contributed by atoms with van der Waals surface area (Å²) in [5.74, 6) is -0.338. The molecule has 3 nitrogen and oxygen atoms in total. The molecule has 3 heteroatoms. The van der Waals surface area contributed by atoms with Crippen LogP contribution in [0.15, 0.2) is 71.5 Å². The molecule has 0 bridgehead atoms. The molecule has 0 aliphatic carbocycles. The Morgan fingerprint density at radius 2 is 1.67 bits per heavy atom. The molecular weight excluding hydrogens is 260 g/mol. The van der Waals surface area contributed by atoms with Crippen LogP contribution in [0.4, 0.5) is 0 Å². The molecule has 3 aromatic rings. The van der Waals surface area contributed by atoms with Crippen molar-refractivity contribution in [2.75, 3.05) is 0 Å². The predicted octanol–water partition coefficient (Wildman–Crippen LogP) is 3.31. The summed E-state index contributed by atoms with van der Waals surface area (Å²) in [7, 11) is 0. The van der Waals surface area contributed by atoms with Gasteiger partial charge in [0.15, 0.2) is 0 Å². The largest absolute Gasteiger partial charge is 0.307 e. The van der Waals surface area contributed by atoms with Crippen molar-refractivity contribution in [3.8, 4) is 6.07 Å². The molecule has 0 N–H and O–H groups in total. The summed E-state index contributed by atoms with van der Waals surface area (Å²) in [4.78, 5) is 12.2. The van der Waals surface area contributed by atoms with E-state index in [1.807, 2.05) is 60.7 Å². The second-order valence-corrected chi connectivity index (χ2v) is 4.93. The maximum absolute atomic E-state index is 12.2. The molecule has 0 radical (unpaired) electrons. The van der Waals surface area contributed by atoms with E-state index in [1.54, 1.807) is 10.6 Å². The third-order valence-corrected chi connectivity index (χ3v) is 3.62. The Balaban J connectivity index is 2.07. The van der Waals surface area contributed by atoms with E-state index in [0.717, 1.165) is 16.5 Å². The van der Waals surface area contributed by atoms with E-state index in [0.29, 0.717) is 6.54 Å². The molecule has 21 heavy (non-hydrogen) atoms. The number of fused-ring (bicyclic) bond motifs is 1. The molecule has 0 saturated carbocycles. The second kappa shape index (κ2) is 5.64. The van der Waals surface area contributed by atoms with Gasteiger partial charge in [0.25, 0.3) is 5.56 Å². The van der Waals surface area contributed by atoms with Crippen molar-refractivity contribution in [3.63, 3.8) is 0 Å². The molecule has 1 aromatic heterocycles. The minimum absolute atomic E-state index is 0.0788. The van der Waals surface area contributed by atoms with Crippen LogP contribution >= 0.6 is 0 Å². The Hall–Kier alpha value is -2.86. The Morgan fingerprint density at radius 1 is 0.952 bits per heavy atom. The predicted molar refractivity (Wildman–Crippen MR) is 83.0 cm³/mol. The minimum atomic E-state index is -0.338. The van der Waals surface area contributed by atoms with Gasteiger partial charge >= 0.3 is 0 Å². The summed E-state index contributed by atoms with van der Waals surface area (Å²) < 4.78 is 1.68. The van der Waals surface area contributed by atoms with Crippen molar-refractivity contribution in [1.29, 1.82) is 5.26 Å². The highest BCUT2D eigenvalue weighted by atomic mass is 16.1. The Labute approximate surface area is 122 Å². The van der Waals surface area contributed by atoms with Crippen molar-refractivity contribution in [3.05, 3.63) is 82.6 Å². The quantitative estimate of drug-likeness (QED) is 0.735. The van der Waals surface area contributed by atoms with Crippen LogP contribution in [0.1, 0.15) is 11.5 Å². The molecule has 0 fully saturated rings. The molecule has 1 atom stereocenters. The van der Waals surface area contributed by atoms with Gasteiger partial charge in [0, 0.05) is 12.6 Å². The Morgan fingerprint density at radius 3 is 2.43 bits per heavy atom. The molecule has 102 valence electrons. The van der Waals surface area contributed by atoms with Crippen LogP contribution < -0.4 is 5.56 Å². The number of hydrogen-bond donors (Lipinski definition) is 0. The molecule has 1 heterocycles. The van der Waals surface area contributed by atoms with Gasteiger partial charge in [0.1, 0.15) is 0 Å². The van der Waals surface area contributed by atoms with Gasteiger partial charge in [0.2, 0.25) is 0 Å². The highest BCUT2D eigenvalue weighted by molar-refractivity contribution is 5.78. The first-order valence-electron chi connectivity index (χ1n) is 6.83. The van der Waals surface area contributed by atoms with E-state index in [9.17, 15) is 10.1 Å². The zero-order valence-corrected chi connectivity index (χ0v) is 11.4. The average Bonchev–Trinajstić information content (AvgIpc) is 2.55. The maximum Gasteiger partial charge on any atom is 0.251 e. The van der Waals surface area contributed by atoms with Gasteiger partial charge in [-0.1, -0.05) is 48.5 Å². The summed E-state index contributed by atoms with van der Waals surface area (Å²) in [6.45, 7) is 0.362. The first kappa shape index (κ1) is 13.1. The lowest BCUT2D eigenvalue weighted by atomic mass is 10.0. The number of rotatable bonds is 3. The molecule has 3 rings (SSSR count). The van der Waals surface area contributed by atoms with Crippen LogP contribution in [0.3, 0.4) is 0 Å². The third kappa shape index (κ3) is 2.56. The van der Waals surface area contributed by atoms with Gasteiger partial charge in [-0.15, -0.1) is 0 Å². The van der Waals surface area contributed by atoms with Crippen molar-refractivity contribution in [2.24, 2.45) is 0 Å². The fourth-order valence-corrected chi connectivity index (χ4v) is 2.52. The number of hydrogen-bond acceptors (Lipinski definition) is 2. The van der Waals surface area contributed by atoms with E-state index in [2.05, 4.69) is 6.07 Å². The van der Waals surface area contributed by atoms with Crippen molar-refractivity contribution < 1.29 is 0 Å². The fourth-order valence-electron chi connectivity index (χ4n) is 2.52. The van der Waals surface area contributed by atoms with Crippen LogP contribution in [0.2, 0.25) is 0 Å². The third-order valence-electron chi connectivity index (χ3n) is 3.62. The van der Waals surface area contributed by atoms with Crippen LogP contribution in [0.5, 0.6) is 0 Å². The molecular formula is C18H14N2O. The highest BCUT2D eigenvalue weighted by Crippen LogP contribution is 2.19. The van der Waals surface area contributed by atoms with E-state index in [4.69, 9.17) is 0 Å². The van der Waals surface area contributed by atoms with Crippen LogP contribution in [-0.2, 0) is 6.54 Å². The Kier molecular flexibility index (Phi) is 3.53. The zero-order chi connectivity index (χ0) is 14.7. The SMILES string of the molecule is N#CC(Cn1c(=O)ccc2ccccc21)c1ccccc1. The number of pyridine rings is 1. The molecule has 2 aromatic carbocycles. The summed E-state index contributed by atoms with van der Waals surface area (Å²) in [5, 5.41) is 10.4. The lowest BCUT2D eigenvalue weighted by molar-refractivity contribution is 0.645. The number of nitriles is 1. The van der Waals surface area contributed by atoms with Crippen molar-refractivity contribution in [1.82, 2.24) is 4.57 Å². The fraction of sp³-hybridized carbons (Fsp3) is 0.111. The molecule has 0 amide bonds. The normalized spacial score (nSPS) is 12.0. The van der Waals surface area contributed by atoms with Crippen molar-refractivity contribution >= 4 is 10.9 Å². The van der Waals surface area contributed by atoms with Gasteiger partial charge in [-0.3, -0.25) is 4.79 Å². The van der Waals surface area contributed by atoms with Crippen LogP contribution in [-0.4, -0.2) is 4.57 Å².